The molecule has 2 aromatic rings. The van der Waals surface area contributed by atoms with Crippen LogP contribution in [0.5, 0.6) is 5.75 Å². The van der Waals surface area contributed by atoms with Gasteiger partial charge in [-0.15, -0.1) is 0 Å². The number of aromatic nitrogens is 1. The normalized spacial score (nSPS) is 21.6. The van der Waals surface area contributed by atoms with Gasteiger partial charge < -0.3 is 19.7 Å². The van der Waals surface area contributed by atoms with Crippen LogP contribution in [-0.4, -0.2) is 61.2 Å². The van der Waals surface area contributed by atoms with Crippen molar-refractivity contribution >= 4 is 11.8 Å². The van der Waals surface area contributed by atoms with Crippen LogP contribution in [0, 0.1) is 11.8 Å². The number of methoxy groups -OCH3 is 1. The number of hydrogen-bond acceptors (Lipinski definition) is 5. The molecule has 2 aliphatic heterocycles. The third-order valence-corrected chi connectivity index (χ3v) is 6.24. The fourth-order valence-corrected chi connectivity index (χ4v) is 4.36. The standard InChI is InChI=1S/C24H29N3O4/c1-30-21-4-2-3-19(14-21)24(29)27-11-7-18(8-12-27)23(28)26-22-16-31-15-20(22)13-17-5-9-25-10-6-17/h2-6,9-10,14,18,20,22H,7-8,11-13,15-16H2,1H3,(H,26,28)/t20-,22-/m1/s1. The summed E-state index contributed by atoms with van der Waals surface area (Å²) in [6.45, 7) is 2.36. The molecule has 0 saturated carbocycles. The van der Waals surface area contributed by atoms with E-state index in [2.05, 4.69) is 10.3 Å². The van der Waals surface area contributed by atoms with Gasteiger partial charge in [0, 0.05) is 42.9 Å². The van der Waals surface area contributed by atoms with Gasteiger partial charge in [0.2, 0.25) is 5.91 Å². The molecule has 4 rings (SSSR count). The number of nitrogens with one attached hydrogen (secondary N) is 1. The molecule has 7 heteroatoms. The zero-order chi connectivity index (χ0) is 21.6. The summed E-state index contributed by atoms with van der Waals surface area (Å²) >= 11 is 0. The Hall–Kier alpha value is -2.93. The predicted octanol–water partition coefficient (Wildman–Crippen LogP) is 2.32. The number of hydrogen-bond donors (Lipinski definition) is 1. The van der Waals surface area contributed by atoms with Gasteiger partial charge in [0.15, 0.2) is 0 Å². The van der Waals surface area contributed by atoms with E-state index in [0.717, 1.165) is 6.42 Å². The highest BCUT2D eigenvalue weighted by Crippen LogP contribution is 2.23. The Balaban J connectivity index is 1.28. The second-order valence-corrected chi connectivity index (χ2v) is 8.27. The summed E-state index contributed by atoms with van der Waals surface area (Å²) in [5.41, 5.74) is 1.82. The van der Waals surface area contributed by atoms with Crippen molar-refractivity contribution in [2.24, 2.45) is 11.8 Å². The molecule has 1 N–H and O–H groups in total. The maximum Gasteiger partial charge on any atom is 0.253 e. The number of rotatable bonds is 6. The number of benzene rings is 1. The highest BCUT2D eigenvalue weighted by molar-refractivity contribution is 5.94. The van der Waals surface area contributed by atoms with Gasteiger partial charge in [0.25, 0.3) is 5.91 Å². The average Bonchev–Trinajstić information content (AvgIpc) is 3.25. The second kappa shape index (κ2) is 9.92. The van der Waals surface area contributed by atoms with Crippen LogP contribution in [0.15, 0.2) is 48.8 Å². The smallest absolute Gasteiger partial charge is 0.253 e. The van der Waals surface area contributed by atoms with E-state index < -0.39 is 0 Å². The van der Waals surface area contributed by atoms with Gasteiger partial charge in [-0.3, -0.25) is 14.6 Å². The lowest BCUT2D eigenvalue weighted by Gasteiger charge is -2.32. The van der Waals surface area contributed by atoms with E-state index in [-0.39, 0.29) is 29.7 Å². The van der Waals surface area contributed by atoms with E-state index in [9.17, 15) is 9.59 Å². The van der Waals surface area contributed by atoms with E-state index in [1.165, 1.54) is 5.56 Å². The molecule has 1 aromatic heterocycles. The Bertz CT molecular complexity index is 897. The van der Waals surface area contributed by atoms with Gasteiger partial charge in [-0.05, 0) is 55.2 Å². The maximum atomic E-state index is 12.9. The van der Waals surface area contributed by atoms with Crippen molar-refractivity contribution in [2.75, 3.05) is 33.4 Å². The van der Waals surface area contributed by atoms with Gasteiger partial charge in [-0.25, -0.2) is 0 Å². The molecule has 0 radical (unpaired) electrons. The average molecular weight is 424 g/mol. The SMILES string of the molecule is COc1cccc(C(=O)N2CCC(C(=O)N[C@@H]3COC[C@H]3Cc3ccncc3)CC2)c1. The van der Waals surface area contributed by atoms with Crippen molar-refractivity contribution in [2.45, 2.75) is 25.3 Å². The Morgan fingerprint density at radius 2 is 1.94 bits per heavy atom. The molecule has 0 bridgehead atoms. The third kappa shape index (κ3) is 5.22. The second-order valence-electron chi connectivity index (χ2n) is 8.27. The summed E-state index contributed by atoms with van der Waals surface area (Å²) < 4.78 is 10.9. The number of pyridine rings is 1. The van der Waals surface area contributed by atoms with Crippen LogP contribution in [0.4, 0.5) is 0 Å². The first kappa shape index (κ1) is 21.3. The first-order chi connectivity index (χ1) is 15.1. The summed E-state index contributed by atoms with van der Waals surface area (Å²) in [5.74, 6) is 0.918. The summed E-state index contributed by atoms with van der Waals surface area (Å²) in [6, 6.07) is 11.2. The summed E-state index contributed by atoms with van der Waals surface area (Å²) in [6.07, 6.45) is 5.79. The van der Waals surface area contributed by atoms with Crippen molar-refractivity contribution < 1.29 is 19.1 Å². The zero-order valence-corrected chi connectivity index (χ0v) is 17.8. The molecule has 2 saturated heterocycles. The van der Waals surface area contributed by atoms with E-state index >= 15 is 0 Å². The maximum absolute atomic E-state index is 12.9. The largest absolute Gasteiger partial charge is 0.497 e. The molecule has 0 unspecified atom stereocenters. The van der Waals surface area contributed by atoms with Crippen molar-refractivity contribution in [3.8, 4) is 5.75 Å². The van der Waals surface area contributed by atoms with Crippen molar-refractivity contribution in [1.29, 1.82) is 0 Å². The highest BCUT2D eigenvalue weighted by atomic mass is 16.5. The quantitative estimate of drug-likeness (QED) is 0.771. The van der Waals surface area contributed by atoms with Crippen LogP contribution in [0.2, 0.25) is 0 Å². The van der Waals surface area contributed by atoms with Crippen molar-refractivity contribution in [3.05, 3.63) is 59.9 Å². The number of amides is 2. The van der Waals surface area contributed by atoms with E-state index in [4.69, 9.17) is 9.47 Å². The molecule has 2 fully saturated rings. The lowest BCUT2D eigenvalue weighted by Crippen LogP contribution is -2.47. The molecule has 2 amide bonds. The monoisotopic (exact) mass is 423 g/mol. The van der Waals surface area contributed by atoms with Crippen LogP contribution in [0.3, 0.4) is 0 Å². The van der Waals surface area contributed by atoms with E-state index in [0.29, 0.717) is 50.5 Å². The molecule has 0 aliphatic carbocycles. The number of piperidine rings is 1. The number of ether oxygens (including phenoxy) is 2. The Morgan fingerprint density at radius 3 is 2.68 bits per heavy atom. The minimum Gasteiger partial charge on any atom is -0.497 e. The zero-order valence-electron chi connectivity index (χ0n) is 17.8. The van der Waals surface area contributed by atoms with Crippen LogP contribution in [0.1, 0.15) is 28.8 Å². The lowest BCUT2D eigenvalue weighted by molar-refractivity contribution is -0.127. The van der Waals surface area contributed by atoms with Gasteiger partial charge >= 0.3 is 0 Å². The van der Waals surface area contributed by atoms with Crippen molar-refractivity contribution in [1.82, 2.24) is 15.2 Å². The first-order valence-corrected chi connectivity index (χ1v) is 10.8. The van der Waals surface area contributed by atoms with E-state index in [1.807, 2.05) is 29.2 Å². The minimum atomic E-state index is -0.0727. The number of carbonyl (C=O) groups excluding carboxylic acids is 2. The van der Waals surface area contributed by atoms with Crippen LogP contribution < -0.4 is 10.1 Å². The molecule has 0 spiro atoms. The number of likely N-dealkylation sites (tertiary alicyclic amines) is 1. The van der Waals surface area contributed by atoms with Crippen molar-refractivity contribution in [3.63, 3.8) is 0 Å². The Kier molecular flexibility index (Phi) is 6.82. The highest BCUT2D eigenvalue weighted by Gasteiger charge is 2.33. The number of nitrogens with zero attached hydrogens (tertiary/aromatic N) is 2. The topological polar surface area (TPSA) is 80.8 Å². The molecule has 3 heterocycles. The summed E-state index contributed by atoms with van der Waals surface area (Å²) in [5, 5.41) is 3.21. The fourth-order valence-electron chi connectivity index (χ4n) is 4.36. The van der Waals surface area contributed by atoms with Gasteiger partial charge in [0.1, 0.15) is 5.75 Å². The Labute approximate surface area is 182 Å². The molecule has 1 aromatic carbocycles. The van der Waals surface area contributed by atoms with Gasteiger partial charge in [-0.2, -0.15) is 0 Å². The Morgan fingerprint density at radius 1 is 1.16 bits per heavy atom. The van der Waals surface area contributed by atoms with Crippen LogP contribution in [-0.2, 0) is 16.0 Å². The molecular weight excluding hydrogens is 394 g/mol. The predicted molar refractivity (Wildman–Crippen MR) is 116 cm³/mol. The van der Waals surface area contributed by atoms with Crippen LogP contribution in [0.25, 0.3) is 0 Å². The molecule has 2 atom stereocenters. The molecule has 31 heavy (non-hydrogen) atoms. The molecular formula is C24H29N3O4. The van der Waals surface area contributed by atoms with Gasteiger partial charge in [-0.1, -0.05) is 6.07 Å². The molecule has 7 nitrogen and oxygen atoms in total. The lowest BCUT2D eigenvalue weighted by atomic mass is 9.92. The summed E-state index contributed by atoms with van der Waals surface area (Å²) in [7, 11) is 1.59. The summed E-state index contributed by atoms with van der Waals surface area (Å²) in [4.78, 5) is 31.6. The third-order valence-electron chi connectivity index (χ3n) is 6.24. The molecule has 164 valence electrons. The minimum absolute atomic E-state index is 0.0145. The van der Waals surface area contributed by atoms with E-state index in [1.54, 1.807) is 31.6 Å². The van der Waals surface area contributed by atoms with Crippen LogP contribution >= 0.6 is 0 Å². The van der Waals surface area contributed by atoms with Gasteiger partial charge in [0.05, 0.1) is 26.4 Å². The fraction of sp³-hybridized carbons (Fsp3) is 0.458. The molecule has 2 aliphatic rings. The number of carbonyl (C=O) groups is 2. The first-order valence-electron chi connectivity index (χ1n) is 10.8.